The summed E-state index contributed by atoms with van der Waals surface area (Å²) in [5.41, 5.74) is -0.221. The van der Waals surface area contributed by atoms with Gasteiger partial charge in [-0.3, -0.25) is 14.4 Å². The first kappa shape index (κ1) is 22.6. The molecule has 1 saturated carbocycles. The van der Waals surface area contributed by atoms with Crippen molar-refractivity contribution < 1.29 is 27.5 Å². The number of fused-ring (bicyclic) bond motifs is 1. The number of ether oxygens (including phenoxy) is 1. The molecule has 1 aliphatic heterocycles. The van der Waals surface area contributed by atoms with Crippen molar-refractivity contribution in [2.24, 2.45) is 0 Å². The van der Waals surface area contributed by atoms with Crippen molar-refractivity contribution in [3.05, 3.63) is 58.3 Å². The van der Waals surface area contributed by atoms with Crippen molar-refractivity contribution >= 4 is 38.8 Å². The van der Waals surface area contributed by atoms with E-state index in [1.807, 2.05) is 0 Å². The minimum Gasteiger partial charge on any atom is -0.367 e. The van der Waals surface area contributed by atoms with Crippen LogP contribution in [-0.2, 0) is 29.9 Å². The first-order valence-corrected chi connectivity index (χ1v) is 13.1. The van der Waals surface area contributed by atoms with Gasteiger partial charge in [-0.05, 0) is 36.3 Å². The number of Topliss-reactive ketones (excluding diaryl/α,β-unsaturated/α-hetero) is 1. The van der Waals surface area contributed by atoms with Crippen LogP contribution >= 0.6 is 11.3 Å². The second-order valence-corrected chi connectivity index (χ2v) is 11.0. The molecule has 2 N–H and O–H groups in total. The van der Waals surface area contributed by atoms with E-state index < -0.39 is 45.1 Å². The van der Waals surface area contributed by atoms with Gasteiger partial charge in [0, 0.05) is 5.38 Å². The van der Waals surface area contributed by atoms with E-state index in [0.717, 1.165) is 6.42 Å². The van der Waals surface area contributed by atoms with Gasteiger partial charge >= 0.3 is 0 Å². The van der Waals surface area contributed by atoms with Crippen LogP contribution in [0.4, 0.5) is 0 Å². The first-order chi connectivity index (χ1) is 15.3. The Morgan fingerprint density at radius 1 is 1.22 bits per heavy atom. The summed E-state index contributed by atoms with van der Waals surface area (Å²) in [6.45, 7) is -0.0802. The second kappa shape index (κ2) is 9.13. The number of hydrogen-bond donors (Lipinski definition) is 2. The average molecular weight is 477 g/mol. The highest BCUT2D eigenvalue weighted by molar-refractivity contribution is 7.90. The zero-order chi connectivity index (χ0) is 22.8. The Labute approximate surface area is 190 Å². The summed E-state index contributed by atoms with van der Waals surface area (Å²) in [4.78, 5) is 38.4. The molecular formula is C22H24N2O6S2. The zero-order valence-corrected chi connectivity index (χ0v) is 18.9. The molecule has 10 heteroatoms. The first-order valence-electron chi connectivity index (χ1n) is 10.3. The summed E-state index contributed by atoms with van der Waals surface area (Å²) >= 11 is 1.32. The van der Waals surface area contributed by atoms with Crippen LogP contribution in [0.5, 0.6) is 0 Å². The third kappa shape index (κ3) is 4.77. The predicted molar refractivity (Wildman–Crippen MR) is 119 cm³/mol. The smallest absolute Gasteiger partial charge is 0.252 e. The Hall–Kier alpha value is -2.56. The van der Waals surface area contributed by atoms with Crippen molar-refractivity contribution in [3.8, 4) is 0 Å². The van der Waals surface area contributed by atoms with Crippen molar-refractivity contribution in [2.45, 2.75) is 42.7 Å². The number of hydrogen-bond acceptors (Lipinski definition) is 7. The molecule has 3 unspecified atom stereocenters. The quantitative estimate of drug-likeness (QED) is 0.596. The number of ketones is 1. The minimum absolute atomic E-state index is 0.0802. The molecule has 4 rings (SSSR count). The molecule has 8 nitrogen and oxygen atoms in total. The third-order valence-electron chi connectivity index (χ3n) is 5.90. The molecule has 1 aromatic carbocycles. The van der Waals surface area contributed by atoms with E-state index in [0.29, 0.717) is 24.0 Å². The Balaban J connectivity index is 1.55. The highest BCUT2D eigenvalue weighted by Crippen LogP contribution is 2.37. The Morgan fingerprint density at radius 2 is 2.00 bits per heavy atom. The van der Waals surface area contributed by atoms with Crippen molar-refractivity contribution in [3.63, 3.8) is 0 Å². The molecule has 32 heavy (non-hydrogen) atoms. The molecule has 1 saturated heterocycles. The van der Waals surface area contributed by atoms with E-state index in [4.69, 9.17) is 4.74 Å². The molecule has 1 aliphatic carbocycles. The van der Waals surface area contributed by atoms with Crippen LogP contribution in [0.25, 0.3) is 0 Å². The van der Waals surface area contributed by atoms with Crippen molar-refractivity contribution in [1.82, 2.24) is 10.6 Å². The maximum Gasteiger partial charge on any atom is 0.252 e. The van der Waals surface area contributed by atoms with E-state index in [9.17, 15) is 22.8 Å². The summed E-state index contributed by atoms with van der Waals surface area (Å²) < 4.78 is 31.3. The lowest BCUT2D eigenvalue weighted by atomic mass is 9.92. The number of thiophene rings is 1. The normalized spacial score (nSPS) is 23.5. The van der Waals surface area contributed by atoms with Gasteiger partial charge in [-0.1, -0.05) is 30.3 Å². The molecular weight excluding hydrogens is 452 g/mol. The fraction of sp³-hybridized carbons (Fsp3) is 0.409. The largest absolute Gasteiger partial charge is 0.367 e. The molecule has 0 bridgehead atoms. The molecule has 2 aliphatic rings. The van der Waals surface area contributed by atoms with E-state index in [2.05, 4.69) is 10.6 Å². The number of benzene rings is 1. The zero-order valence-electron chi connectivity index (χ0n) is 17.3. The van der Waals surface area contributed by atoms with Crippen molar-refractivity contribution in [2.75, 3.05) is 12.4 Å². The van der Waals surface area contributed by atoms with E-state index >= 15 is 0 Å². The number of carbonyl (C=O) groups excluding carboxylic acids is 3. The highest BCUT2D eigenvalue weighted by Gasteiger charge is 2.55. The van der Waals surface area contributed by atoms with Crippen LogP contribution < -0.4 is 10.6 Å². The summed E-state index contributed by atoms with van der Waals surface area (Å²) in [6, 6.07) is 8.87. The molecule has 1 aromatic heterocycles. The Bertz CT molecular complexity index is 1100. The maximum atomic E-state index is 13.2. The highest BCUT2D eigenvalue weighted by atomic mass is 32.2. The lowest BCUT2D eigenvalue weighted by Crippen LogP contribution is -2.61. The molecule has 2 aromatic rings. The van der Waals surface area contributed by atoms with Gasteiger partial charge in [-0.2, -0.15) is 11.3 Å². The van der Waals surface area contributed by atoms with Crippen molar-refractivity contribution in [1.29, 1.82) is 0 Å². The number of carbonyl (C=O) groups is 3. The molecule has 2 fully saturated rings. The summed E-state index contributed by atoms with van der Waals surface area (Å²) in [7, 11) is -3.75. The molecule has 2 amide bonds. The number of amides is 2. The van der Waals surface area contributed by atoms with Gasteiger partial charge in [0.2, 0.25) is 5.91 Å². The van der Waals surface area contributed by atoms with Gasteiger partial charge in [0.1, 0.15) is 18.2 Å². The van der Waals surface area contributed by atoms with Gasteiger partial charge in [0.25, 0.3) is 5.91 Å². The SMILES string of the molecule is O=C(NC(CS(=O)(=O)Cc1ccccc1)C(=O)NC12CCCC1OCC2=O)c1ccsc1. The van der Waals surface area contributed by atoms with Crippen LogP contribution in [0, 0.1) is 0 Å². The molecule has 0 spiro atoms. The van der Waals surface area contributed by atoms with Gasteiger partial charge in [0.15, 0.2) is 15.6 Å². The average Bonchev–Trinajstić information content (AvgIpc) is 3.47. The standard InChI is InChI=1S/C22H24N2O6S2/c25-18-11-30-19-7-4-9-22(18,19)24-21(27)17(23-20(26)16-8-10-31-12-16)14-32(28,29)13-15-5-2-1-3-6-15/h1-3,5-6,8,10,12,17,19H,4,7,9,11,13-14H2,(H,23,26)(H,24,27). The molecule has 3 atom stereocenters. The monoisotopic (exact) mass is 476 g/mol. The van der Waals surface area contributed by atoms with Crippen LogP contribution in [-0.4, -0.2) is 56.1 Å². The lowest BCUT2D eigenvalue weighted by Gasteiger charge is -2.30. The second-order valence-electron chi connectivity index (χ2n) is 8.15. The number of rotatable bonds is 8. The maximum absolute atomic E-state index is 13.2. The molecule has 170 valence electrons. The number of sulfone groups is 1. The van der Waals surface area contributed by atoms with E-state index in [-0.39, 0.29) is 18.1 Å². The summed E-state index contributed by atoms with van der Waals surface area (Å²) in [5.74, 6) is -2.31. The van der Waals surface area contributed by atoms with Gasteiger partial charge in [-0.25, -0.2) is 8.42 Å². The van der Waals surface area contributed by atoms with Crippen LogP contribution in [0.1, 0.15) is 35.2 Å². The fourth-order valence-corrected chi connectivity index (χ4v) is 6.50. The van der Waals surface area contributed by atoms with Gasteiger partial charge < -0.3 is 15.4 Å². The van der Waals surface area contributed by atoms with Crippen LogP contribution in [0.3, 0.4) is 0 Å². The molecule has 2 heterocycles. The van der Waals surface area contributed by atoms with E-state index in [1.54, 1.807) is 47.2 Å². The van der Waals surface area contributed by atoms with Crippen LogP contribution in [0.2, 0.25) is 0 Å². The molecule has 0 radical (unpaired) electrons. The Morgan fingerprint density at radius 3 is 2.72 bits per heavy atom. The van der Waals surface area contributed by atoms with Gasteiger partial charge in [0.05, 0.1) is 23.2 Å². The number of nitrogens with one attached hydrogen (secondary N) is 2. The van der Waals surface area contributed by atoms with Gasteiger partial charge in [-0.15, -0.1) is 0 Å². The lowest BCUT2D eigenvalue weighted by molar-refractivity contribution is -0.130. The van der Waals surface area contributed by atoms with E-state index in [1.165, 1.54) is 11.3 Å². The Kier molecular flexibility index (Phi) is 6.45. The predicted octanol–water partition coefficient (Wildman–Crippen LogP) is 1.47. The third-order valence-corrected chi connectivity index (χ3v) is 8.20. The summed E-state index contributed by atoms with van der Waals surface area (Å²) in [5, 5.41) is 8.63. The topological polar surface area (TPSA) is 119 Å². The summed E-state index contributed by atoms with van der Waals surface area (Å²) in [6.07, 6.45) is 1.37. The minimum atomic E-state index is -3.75. The van der Waals surface area contributed by atoms with Crippen LogP contribution in [0.15, 0.2) is 47.2 Å². The fourth-order valence-electron chi connectivity index (χ4n) is 4.30.